The number of nitrogens with zero attached hydrogens (tertiary/aromatic N) is 1. The van der Waals surface area contributed by atoms with Crippen molar-refractivity contribution in [2.45, 2.75) is 37.0 Å². The fraction of sp³-hybridized carbons (Fsp3) is 0.364. The van der Waals surface area contributed by atoms with Crippen LogP contribution in [0.3, 0.4) is 0 Å². The monoisotopic (exact) mass is 463 g/mol. The Morgan fingerprint density at radius 2 is 1.65 bits per heavy atom. The zero-order valence-corrected chi connectivity index (χ0v) is 18.7. The molecule has 0 unspecified atom stereocenters. The highest BCUT2D eigenvalue weighted by Gasteiger charge is 2.27. The lowest BCUT2D eigenvalue weighted by molar-refractivity contribution is -0.134. The molecule has 2 aromatic rings. The summed E-state index contributed by atoms with van der Waals surface area (Å²) in [5.74, 6) is -0.194. The van der Waals surface area contributed by atoms with Crippen LogP contribution in [0.25, 0.3) is 0 Å². The second kappa shape index (κ2) is 10.3. The number of amides is 2. The molecule has 0 bridgehead atoms. The maximum atomic E-state index is 12.5. The van der Waals surface area contributed by atoms with E-state index >= 15 is 0 Å². The van der Waals surface area contributed by atoms with Crippen molar-refractivity contribution in [3.63, 3.8) is 0 Å². The van der Waals surface area contributed by atoms with E-state index < -0.39 is 10.0 Å². The van der Waals surface area contributed by atoms with Gasteiger partial charge in [0.15, 0.2) is 0 Å². The summed E-state index contributed by atoms with van der Waals surface area (Å²) in [7, 11) is -3.76. The van der Waals surface area contributed by atoms with Gasteiger partial charge < -0.3 is 10.2 Å². The molecule has 166 valence electrons. The minimum absolute atomic E-state index is 0.00613. The smallest absolute Gasteiger partial charge is 0.238 e. The first-order chi connectivity index (χ1) is 14.7. The lowest BCUT2D eigenvalue weighted by Gasteiger charge is -2.31. The highest BCUT2D eigenvalue weighted by atomic mass is 35.5. The molecule has 1 aliphatic rings. The lowest BCUT2D eigenvalue weighted by Crippen LogP contribution is -2.41. The molecule has 0 radical (unpaired) electrons. The molecule has 2 amide bonds. The lowest BCUT2D eigenvalue weighted by atomic mass is 9.95. The molecule has 0 aliphatic carbocycles. The largest absolute Gasteiger partial charge is 0.343 e. The van der Waals surface area contributed by atoms with Gasteiger partial charge in [0.1, 0.15) is 0 Å². The van der Waals surface area contributed by atoms with Gasteiger partial charge in [-0.15, -0.1) is 0 Å². The van der Waals surface area contributed by atoms with E-state index in [1.54, 1.807) is 0 Å². The molecular weight excluding hydrogens is 438 g/mol. The van der Waals surface area contributed by atoms with Crippen LogP contribution in [0.4, 0.5) is 5.69 Å². The number of nitrogens with one attached hydrogen (secondary N) is 1. The van der Waals surface area contributed by atoms with E-state index in [2.05, 4.69) is 5.32 Å². The van der Waals surface area contributed by atoms with Gasteiger partial charge in [-0.25, -0.2) is 13.6 Å². The van der Waals surface area contributed by atoms with E-state index in [0.717, 1.165) is 18.4 Å². The molecule has 1 heterocycles. The van der Waals surface area contributed by atoms with E-state index in [0.29, 0.717) is 43.1 Å². The number of hydrogen-bond acceptors (Lipinski definition) is 4. The molecule has 1 aliphatic heterocycles. The van der Waals surface area contributed by atoms with Crippen LogP contribution in [0, 0.1) is 5.92 Å². The average Bonchev–Trinajstić information content (AvgIpc) is 2.75. The van der Waals surface area contributed by atoms with E-state index in [1.807, 2.05) is 29.2 Å². The molecule has 0 saturated carbocycles. The molecule has 2 aromatic carbocycles. The van der Waals surface area contributed by atoms with Gasteiger partial charge in [0.25, 0.3) is 0 Å². The van der Waals surface area contributed by atoms with Gasteiger partial charge in [-0.05, 0) is 67.6 Å². The summed E-state index contributed by atoms with van der Waals surface area (Å²) < 4.78 is 22.6. The number of carbonyl (C=O) groups excluding carboxylic acids is 2. The van der Waals surface area contributed by atoms with Crippen LogP contribution in [0.5, 0.6) is 0 Å². The summed E-state index contributed by atoms with van der Waals surface area (Å²) >= 11 is 5.88. The molecular formula is C22H26ClN3O4S. The third kappa shape index (κ3) is 6.78. The maximum absolute atomic E-state index is 12.5. The third-order valence-corrected chi connectivity index (χ3v) is 6.62. The average molecular weight is 464 g/mol. The Hall–Kier alpha value is -2.42. The van der Waals surface area contributed by atoms with Crippen molar-refractivity contribution in [2.75, 3.05) is 18.4 Å². The van der Waals surface area contributed by atoms with Crippen molar-refractivity contribution >= 4 is 39.1 Å². The van der Waals surface area contributed by atoms with Crippen molar-refractivity contribution in [3.8, 4) is 0 Å². The number of carbonyl (C=O) groups is 2. The van der Waals surface area contributed by atoms with Gasteiger partial charge in [-0.1, -0.05) is 23.7 Å². The summed E-state index contributed by atoms with van der Waals surface area (Å²) in [5, 5.41) is 8.58. The second-order valence-electron chi connectivity index (χ2n) is 7.69. The number of likely N-dealkylation sites (tertiary alicyclic amines) is 1. The number of rotatable bonds is 7. The second-order valence-corrected chi connectivity index (χ2v) is 9.69. The van der Waals surface area contributed by atoms with Crippen molar-refractivity contribution in [3.05, 3.63) is 59.1 Å². The number of aryl methyl sites for hydroxylation is 1. The maximum Gasteiger partial charge on any atom is 0.238 e. The van der Waals surface area contributed by atoms with Crippen molar-refractivity contribution in [2.24, 2.45) is 11.1 Å². The number of anilines is 1. The Morgan fingerprint density at radius 1 is 1.03 bits per heavy atom. The molecule has 3 N–H and O–H groups in total. The zero-order chi connectivity index (χ0) is 22.4. The molecule has 0 aromatic heterocycles. The number of primary sulfonamides is 1. The van der Waals surface area contributed by atoms with Gasteiger partial charge in [0.2, 0.25) is 21.8 Å². The number of piperidine rings is 1. The predicted octanol–water partition coefficient (Wildman–Crippen LogP) is 3.19. The Labute approximate surface area is 187 Å². The van der Waals surface area contributed by atoms with Crippen molar-refractivity contribution < 1.29 is 18.0 Å². The van der Waals surface area contributed by atoms with E-state index in [1.165, 1.54) is 24.3 Å². The Kier molecular flexibility index (Phi) is 7.69. The number of nitrogens with two attached hydrogens (primary N) is 1. The number of hydrogen-bond donors (Lipinski definition) is 2. The summed E-state index contributed by atoms with van der Waals surface area (Å²) in [6.07, 6.45) is 3.28. The van der Waals surface area contributed by atoms with Crippen molar-refractivity contribution in [1.29, 1.82) is 0 Å². The SMILES string of the molecule is NS(=O)(=O)c1ccc(NC(=O)C2CCN(C(=O)CCCc3ccc(Cl)cc3)CC2)cc1. The highest BCUT2D eigenvalue weighted by Crippen LogP contribution is 2.21. The summed E-state index contributed by atoms with van der Waals surface area (Å²) in [5.41, 5.74) is 1.67. The summed E-state index contributed by atoms with van der Waals surface area (Å²) in [6.45, 7) is 1.12. The summed E-state index contributed by atoms with van der Waals surface area (Å²) in [4.78, 5) is 26.8. The minimum atomic E-state index is -3.76. The fourth-order valence-electron chi connectivity index (χ4n) is 3.62. The number of halogens is 1. The molecule has 1 saturated heterocycles. The molecule has 9 heteroatoms. The zero-order valence-electron chi connectivity index (χ0n) is 17.1. The van der Waals surface area contributed by atoms with E-state index in [-0.39, 0.29) is 22.6 Å². The fourth-order valence-corrected chi connectivity index (χ4v) is 4.26. The Balaban J connectivity index is 1.41. The number of benzene rings is 2. The van der Waals surface area contributed by atoms with Crippen LogP contribution < -0.4 is 10.5 Å². The topological polar surface area (TPSA) is 110 Å². The van der Waals surface area contributed by atoms with Crippen LogP contribution in [0.1, 0.15) is 31.2 Å². The van der Waals surface area contributed by atoms with Crippen LogP contribution >= 0.6 is 11.6 Å². The predicted molar refractivity (Wildman–Crippen MR) is 120 cm³/mol. The highest BCUT2D eigenvalue weighted by molar-refractivity contribution is 7.89. The van der Waals surface area contributed by atoms with Crippen molar-refractivity contribution in [1.82, 2.24) is 4.90 Å². The Morgan fingerprint density at radius 3 is 2.23 bits per heavy atom. The van der Waals surface area contributed by atoms with Gasteiger partial charge in [-0.2, -0.15) is 0 Å². The molecule has 7 nitrogen and oxygen atoms in total. The molecule has 1 fully saturated rings. The van der Waals surface area contributed by atoms with Gasteiger partial charge in [0, 0.05) is 36.1 Å². The van der Waals surface area contributed by atoms with E-state index in [9.17, 15) is 18.0 Å². The molecule has 0 atom stereocenters. The van der Waals surface area contributed by atoms with Gasteiger partial charge >= 0.3 is 0 Å². The first-order valence-corrected chi connectivity index (χ1v) is 12.1. The van der Waals surface area contributed by atoms with Crippen LogP contribution in [-0.2, 0) is 26.0 Å². The number of sulfonamides is 1. The van der Waals surface area contributed by atoms with E-state index in [4.69, 9.17) is 16.7 Å². The first kappa shape index (κ1) is 23.2. The molecule has 0 spiro atoms. The van der Waals surface area contributed by atoms with Crippen LogP contribution in [0.2, 0.25) is 5.02 Å². The third-order valence-electron chi connectivity index (χ3n) is 5.44. The molecule has 3 rings (SSSR count). The van der Waals surface area contributed by atoms with Crippen LogP contribution in [0.15, 0.2) is 53.4 Å². The molecule has 31 heavy (non-hydrogen) atoms. The Bertz CT molecular complexity index is 1020. The van der Waals surface area contributed by atoms with Crippen LogP contribution in [-0.4, -0.2) is 38.2 Å². The van der Waals surface area contributed by atoms with Gasteiger partial charge in [0.05, 0.1) is 4.90 Å². The normalized spacial score (nSPS) is 15.0. The first-order valence-electron chi connectivity index (χ1n) is 10.2. The quantitative estimate of drug-likeness (QED) is 0.657. The van der Waals surface area contributed by atoms with Gasteiger partial charge in [-0.3, -0.25) is 9.59 Å². The summed E-state index contributed by atoms with van der Waals surface area (Å²) in [6, 6.07) is 13.4. The standard InChI is InChI=1S/C22H26ClN3O4S/c23-18-6-4-16(5-7-18)2-1-3-21(27)26-14-12-17(13-15-26)22(28)25-19-8-10-20(11-9-19)31(24,29)30/h4-11,17H,1-3,12-15H2,(H,25,28)(H2,24,29,30). The minimum Gasteiger partial charge on any atom is -0.343 e.